The van der Waals surface area contributed by atoms with Gasteiger partial charge >= 0.3 is 0 Å². The van der Waals surface area contributed by atoms with Crippen LogP contribution in [-0.2, 0) is 0 Å². The van der Waals surface area contributed by atoms with Crippen molar-refractivity contribution in [2.24, 2.45) is 0 Å². The van der Waals surface area contributed by atoms with Gasteiger partial charge in [0.1, 0.15) is 0 Å². The van der Waals surface area contributed by atoms with Crippen LogP contribution in [-0.4, -0.2) is 17.5 Å². The Labute approximate surface area is 79.9 Å². The van der Waals surface area contributed by atoms with Crippen molar-refractivity contribution in [1.29, 1.82) is 0 Å². The normalized spacial score (nSPS) is 15.9. The smallest absolute Gasteiger partial charge is 0.265 e. The molecule has 0 aliphatic carbocycles. The Morgan fingerprint density at radius 2 is 1.69 bits per heavy atom. The minimum atomic E-state index is -2.64. The molecule has 0 fully saturated rings. The monoisotopic (exact) mass is 193 g/mol. The van der Waals surface area contributed by atoms with Crippen molar-refractivity contribution in [3.05, 3.63) is 0 Å². The van der Waals surface area contributed by atoms with Crippen LogP contribution in [0, 0.1) is 0 Å². The Kier molecular flexibility index (Phi) is 4.30. The third-order valence-corrected chi connectivity index (χ3v) is 2.58. The molecule has 0 rings (SSSR count). The van der Waals surface area contributed by atoms with Crippen molar-refractivity contribution in [3.63, 3.8) is 0 Å². The number of rotatable bonds is 5. The Morgan fingerprint density at radius 1 is 1.23 bits per heavy atom. The van der Waals surface area contributed by atoms with Crippen LogP contribution < -0.4 is 5.32 Å². The Hall–Kier alpha value is -0.180. The number of halogens is 2. The first-order chi connectivity index (χ1) is 5.77. The first kappa shape index (κ1) is 12.8. The van der Waals surface area contributed by atoms with Crippen LogP contribution in [0.15, 0.2) is 0 Å². The summed E-state index contributed by atoms with van der Waals surface area (Å²) < 4.78 is 26.7. The molecule has 0 spiro atoms. The molecule has 1 atom stereocenters. The highest BCUT2D eigenvalue weighted by atomic mass is 19.3. The van der Waals surface area contributed by atoms with E-state index in [-0.39, 0.29) is 12.5 Å². The molecule has 1 unspecified atom stereocenters. The molecule has 1 N–H and O–H groups in total. The van der Waals surface area contributed by atoms with Gasteiger partial charge in [-0.05, 0) is 27.2 Å². The van der Waals surface area contributed by atoms with Gasteiger partial charge in [-0.25, -0.2) is 8.78 Å². The summed E-state index contributed by atoms with van der Waals surface area (Å²) in [6.07, 6.45) is 0.743. The highest BCUT2D eigenvalue weighted by molar-refractivity contribution is 4.93. The first-order valence-corrected chi connectivity index (χ1v) is 4.92. The zero-order chi connectivity index (χ0) is 10.7. The second kappa shape index (κ2) is 4.36. The van der Waals surface area contributed by atoms with E-state index in [0.717, 1.165) is 6.42 Å². The van der Waals surface area contributed by atoms with Crippen LogP contribution in [0.5, 0.6) is 0 Å². The van der Waals surface area contributed by atoms with Crippen LogP contribution >= 0.6 is 0 Å². The molecule has 0 amide bonds. The molecule has 0 aliphatic heterocycles. The minimum absolute atomic E-state index is 0.122. The summed E-state index contributed by atoms with van der Waals surface area (Å²) in [4.78, 5) is 0. The number of hydrogen-bond donors (Lipinski definition) is 1. The second-order valence-corrected chi connectivity index (χ2v) is 4.14. The molecule has 0 saturated carbocycles. The molecule has 1 nitrogen and oxygen atoms in total. The van der Waals surface area contributed by atoms with E-state index >= 15 is 0 Å². The molecule has 0 heterocycles. The van der Waals surface area contributed by atoms with E-state index in [2.05, 4.69) is 5.32 Å². The van der Waals surface area contributed by atoms with Gasteiger partial charge in [-0.3, -0.25) is 0 Å². The predicted octanol–water partition coefficient (Wildman–Crippen LogP) is 3.20. The van der Waals surface area contributed by atoms with E-state index in [0.29, 0.717) is 0 Å². The van der Waals surface area contributed by atoms with Crippen LogP contribution in [0.2, 0.25) is 0 Å². The van der Waals surface area contributed by atoms with E-state index in [1.54, 1.807) is 13.8 Å². The molecule has 0 aromatic carbocycles. The maximum atomic E-state index is 13.4. The molecule has 0 radical (unpaired) electrons. The lowest BCUT2D eigenvalue weighted by atomic mass is 9.93. The number of hydrogen-bond acceptors (Lipinski definition) is 1. The van der Waals surface area contributed by atoms with Gasteiger partial charge in [-0.1, -0.05) is 13.8 Å². The Bertz CT molecular complexity index is 155. The van der Waals surface area contributed by atoms with Gasteiger partial charge in [0, 0.05) is 12.5 Å². The molecule has 0 bridgehead atoms. The average molecular weight is 193 g/mol. The van der Waals surface area contributed by atoms with Gasteiger partial charge in [-0.2, -0.15) is 0 Å². The maximum Gasteiger partial charge on any atom is 0.265 e. The van der Waals surface area contributed by atoms with Crippen LogP contribution in [0.1, 0.15) is 47.5 Å². The zero-order valence-electron chi connectivity index (χ0n) is 9.25. The summed E-state index contributed by atoms with van der Waals surface area (Å²) in [7, 11) is 0. The molecule has 3 heteroatoms. The molecule has 13 heavy (non-hydrogen) atoms. The lowest BCUT2D eigenvalue weighted by Crippen LogP contribution is -2.56. The minimum Gasteiger partial charge on any atom is -0.304 e. The highest BCUT2D eigenvalue weighted by Gasteiger charge is 2.44. The Balaban J connectivity index is 4.38. The van der Waals surface area contributed by atoms with Gasteiger partial charge in [0.05, 0.1) is 5.54 Å². The summed E-state index contributed by atoms with van der Waals surface area (Å²) >= 11 is 0. The summed E-state index contributed by atoms with van der Waals surface area (Å²) in [6, 6.07) is 0.132. The van der Waals surface area contributed by atoms with Crippen molar-refractivity contribution >= 4 is 0 Å². The van der Waals surface area contributed by atoms with Gasteiger partial charge in [0.15, 0.2) is 0 Å². The van der Waals surface area contributed by atoms with Gasteiger partial charge in [-0.15, -0.1) is 0 Å². The first-order valence-electron chi connectivity index (χ1n) is 4.92. The standard InChI is InChI=1S/C10H21F2N/c1-6-8(3)13-9(4,5)10(11,12)7-2/h8,13H,6-7H2,1-5H3. The lowest BCUT2D eigenvalue weighted by molar-refractivity contribution is -0.0819. The molecule has 0 saturated heterocycles. The fourth-order valence-corrected chi connectivity index (χ4v) is 1.27. The lowest BCUT2D eigenvalue weighted by Gasteiger charge is -2.36. The van der Waals surface area contributed by atoms with Crippen LogP contribution in [0.3, 0.4) is 0 Å². The molecular formula is C10H21F2N. The molecule has 0 aliphatic rings. The van der Waals surface area contributed by atoms with E-state index < -0.39 is 11.5 Å². The van der Waals surface area contributed by atoms with E-state index in [1.807, 2.05) is 13.8 Å². The predicted molar refractivity (Wildman–Crippen MR) is 52.2 cm³/mol. The van der Waals surface area contributed by atoms with E-state index in [4.69, 9.17) is 0 Å². The topological polar surface area (TPSA) is 12.0 Å². The quantitative estimate of drug-likeness (QED) is 0.707. The van der Waals surface area contributed by atoms with Crippen LogP contribution in [0.25, 0.3) is 0 Å². The van der Waals surface area contributed by atoms with Crippen molar-refractivity contribution < 1.29 is 8.78 Å². The highest BCUT2D eigenvalue weighted by Crippen LogP contribution is 2.31. The van der Waals surface area contributed by atoms with Crippen molar-refractivity contribution in [3.8, 4) is 0 Å². The summed E-state index contributed by atoms with van der Waals surface area (Å²) in [6.45, 7) is 8.54. The third kappa shape index (κ3) is 3.22. The van der Waals surface area contributed by atoms with Gasteiger partial charge < -0.3 is 5.32 Å². The second-order valence-electron chi connectivity index (χ2n) is 4.14. The van der Waals surface area contributed by atoms with E-state index in [9.17, 15) is 8.78 Å². The SMILES string of the molecule is CCC(C)NC(C)(C)C(F)(F)CC. The van der Waals surface area contributed by atoms with Crippen molar-refractivity contribution in [2.45, 2.75) is 65.0 Å². The fourth-order valence-electron chi connectivity index (χ4n) is 1.27. The van der Waals surface area contributed by atoms with Gasteiger partial charge in [0.25, 0.3) is 5.92 Å². The third-order valence-electron chi connectivity index (χ3n) is 2.58. The zero-order valence-corrected chi connectivity index (χ0v) is 9.25. The van der Waals surface area contributed by atoms with Crippen LogP contribution in [0.4, 0.5) is 8.78 Å². The van der Waals surface area contributed by atoms with Gasteiger partial charge in [0.2, 0.25) is 0 Å². The van der Waals surface area contributed by atoms with Crippen molar-refractivity contribution in [2.75, 3.05) is 0 Å². The fraction of sp³-hybridized carbons (Fsp3) is 1.00. The summed E-state index contributed by atoms with van der Waals surface area (Å²) in [5.74, 6) is -2.64. The summed E-state index contributed by atoms with van der Waals surface area (Å²) in [5, 5.41) is 2.95. The Morgan fingerprint density at radius 3 is 2.00 bits per heavy atom. The van der Waals surface area contributed by atoms with Crippen molar-refractivity contribution in [1.82, 2.24) is 5.32 Å². The molecule has 80 valence electrons. The summed E-state index contributed by atoms with van der Waals surface area (Å²) in [5.41, 5.74) is -1.11. The van der Waals surface area contributed by atoms with E-state index in [1.165, 1.54) is 6.92 Å². The molecule has 0 aromatic heterocycles. The molecule has 0 aromatic rings. The number of alkyl halides is 2. The average Bonchev–Trinajstić information content (AvgIpc) is 2.03. The number of nitrogens with one attached hydrogen (secondary N) is 1. The largest absolute Gasteiger partial charge is 0.304 e. The maximum absolute atomic E-state index is 13.4. The molecular weight excluding hydrogens is 172 g/mol.